The summed E-state index contributed by atoms with van der Waals surface area (Å²) >= 11 is 3.75. The maximum atomic E-state index is 4.82. The SMILES string of the molecule is c1ccc2c(c1)Sc1ccc(-c3c4ccccc4c4c5c(cccc35)-c3cccnc3-4)cc1S2. The molecule has 1 aromatic heterocycles. The molecule has 8 rings (SSSR count). The normalized spacial score (nSPS) is 13.1. The largest absolute Gasteiger partial charge is 0.256 e. The van der Waals surface area contributed by atoms with E-state index in [1.165, 1.54) is 68.9 Å². The van der Waals surface area contributed by atoms with Crippen molar-refractivity contribution in [3.05, 3.63) is 103 Å². The molecular formula is C31H17NS2. The third-order valence-corrected chi connectivity index (χ3v) is 9.45. The molecule has 1 aliphatic carbocycles. The molecule has 2 aliphatic rings. The molecule has 0 radical (unpaired) electrons. The molecule has 2 heterocycles. The summed E-state index contributed by atoms with van der Waals surface area (Å²) in [5, 5.41) is 5.20. The van der Waals surface area contributed by atoms with Gasteiger partial charge in [0, 0.05) is 42.3 Å². The van der Waals surface area contributed by atoms with E-state index in [0.29, 0.717) is 0 Å². The van der Waals surface area contributed by atoms with Gasteiger partial charge in [-0.05, 0) is 63.2 Å². The zero-order valence-electron chi connectivity index (χ0n) is 18.1. The molecule has 3 heteroatoms. The fourth-order valence-corrected chi connectivity index (χ4v) is 7.77. The zero-order chi connectivity index (χ0) is 22.2. The van der Waals surface area contributed by atoms with Crippen molar-refractivity contribution in [2.24, 2.45) is 0 Å². The Hall–Kier alpha value is -3.53. The Balaban J connectivity index is 1.45. The number of aromatic nitrogens is 1. The van der Waals surface area contributed by atoms with Crippen LogP contribution in [0.4, 0.5) is 0 Å². The number of nitrogens with zero attached hydrogens (tertiary/aromatic N) is 1. The second-order valence-corrected chi connectivity index (χ2v) is 10.9. The molecule has 34 heavy (non-hydrogen) atoms. The van der Waals surface area contributed by atoms with Crippen molar-refractivity contribution >= 4 is 45.1 Å². The van der Waals surface area contributed by atoms with E-state index in [-0.39, 0.29) is 0 Å². The van der Waals surface area contributed by atoms with Gasteiger partial charge in [-0.3, -0.25) is 4.98 Å². The molecule has 0 saturated heterocycles. The smallest absolute Gasteiger partial charge is 0.0793 e. The first-order valence-corrected chi connectivity index (χ1v) is 13.0. The van der Waals surface area contributed by atoms with Crippen molar-refractivity contribution in [1.82, 2.24) is 4.98 Å². The van der Waals surface area contributed by atoms with E-state index in [2.05, 4.69) is 91.0 Å². The highest BCUT2D eigenvalue weighted by molar-refractivity contribution is 8.05. The van der Waals surface area contributed by atoms with Crippen LogP contribution < -0.4 is 0 Å². The minimum absolute atomic E-state index is 1.10. The van der Waals surface area contributed by atoms with Crippen LogP contribution in [0.15, 0.2) is 123 Å². The molecule has 158 valence electrons. The average Bonchev–Trinajstić information content (AvgIpc) is 3.23. The molecule has 0 unspecified atom stereocenters. The Bertz CT molecular complexity index is 1820. The molecule has 1 nitrogen and oxygen atoms in total. The van der Waals surface area contributed by atoms with Crippen LogP contribution in [0.2, 0.25) is 0 Å². The van der Waals surface area contributed by atoms with Crippen LogP contribution in [0, 0.1) is 0 Å². The van der Waals surface area contributed by atoms with Crippen LogP contribution in [-0.2, 0) is 0 Å². The lowest BCUT2D eigenvalue weighted by molar-refractivity contribution is 1.16. The van der Waals surface area contributed by atoms with E-state index in [0.717, 1.165) is 5.69 Å². The molecular weight excluding hydrogens is 450 g/mol. The Kier molecular flexibility index (Phi) is 3.87. The molecule has 0 atom stereocenters. The van der Waals surface area contributed by atoms with Crippen LogP contribution in [0.3, 0.4) is 0 Å². The molecule has 5 aromatic carbocycles. The van der Waals surface area contributed by atoms with Gasteiger partial charge in [-0.1, -0.05) is 90.3 Å². The quantitative estimate of drug-likeness (QED) is 0.223. The monoisotopic (exact) mass is 467 g/mol. The summed E-state index contributed by atoms with van der Waals surface area (Å²) in [5.41, 5.74) is 7.49. The number of hydrogen-bond acceptors (Lipinski definition) is 3. The number of benzene rings is 5. The second-order valence-electron chi connectivity index (χ2n) is 8.74. The standard InChI is InChI=1S/C31H17NS2/c1-2-8-20-19(7-1)28(18-14-15-26-27(17-18)34-25-13-4-3-12-24(25)33-26)23-10-5-9-21-22-11-6-16-32-31(22)30(20)29(21)23/h1-17H. The fourth-order valence-electron chi connectivity index (χ4n) is 5.52. The summed E-state index contributed by atoms with van der Waals surface area (Å²) in [5.74, 6) is 0. The third kappa shape index (κ3) is 2.51. The highest BCUT2D eigenvalue weighted by Crippen LogP contribution is 2.54. The average molecular weight is 468 g/mol. The molecule has 0 saturated carbocycles. The predicted molar refractivity (Wildman–Crippen MR) is 144 cm³/mol. The summed E-state index contributed by atoms with van der Waals surface area (Å²) in [6, 6.07) is 35.5. The van der Waals surface area contributed by atoms with Gasteiger partial charge in [-0.25, -0.2) is 0 Å². The maximum absolute atomic E-state index is 4.82. The van der Waals surface area contributed by atoms with Crippen molar-refractivity contribution < 1.29 is 0 Å². The van der Waals surface area contributed by atoms with E-state index in [1.54, 1.807) is 0 Å². The van der Waals surface area contributed by atoms with Gasteiger partial charge >= 0.3 is 0 Å². The number of fused-ring (bicyclic) bond motifs is 7. The molecule has 0 spiro atoms. The van der Waals surface area contributed by atoms with Crippen LogP contribution >= 0.6 is 23.5 Å². The Morgan fingerprint density at radius 3 is 2.03 bits per heavy atom. The molecule has 0 N–H and O–H groups in total. The minimum atomic E-state index is 1.10. The van der Waals surface area contributed by atoms with E-state index in [1.807, 2.05) is 35.8 Å². The molecule has 6 aromatic rings. The third-order valence-electron chi connectivity index (χ3n) is 6.91. The first-order chi connectivity index (χ1) is 16.9. The number of rotatable bonds is 1. The predicted octanol–water partition coefficient (Wildman–Crippen LogP) is 9.32. The summed E-state index contributed by atoms with van der Waals surface area (Å²) in [7, 11) is 0. The summed E-state index contributed by atoms with van der Waals surface area (Å²) in [4.78, 5) is 10.2. The van der Waals surface area contributed by atoms with Gasteiger partial charge in [0.2, 0.25) is 0 Å². The molecule has 1 aliphatic heterocycles. The zero-order valence-corrected chi connectivity index (χ0v) is 19.7. The van der Waals surface area contributed by atoms with Gasteiger partial charge in [0.05, 0.1) is 5.69 Å². The lowest BCUT2D eigenvalue weighted by Gasteiger charge is -2.20. The van der Waals surface area contributed by atoms with Gasteiger partial charge in [0.15, 0.2) is 0 Å². The van der Waals surface area contributed by atoms with Gasteiger partial charge in [0.25, 0.3) is 0 Å². The van der Waals surface area contributed by atoms with Crippen molar-refractivity contribution in [2.45, 2.75) is 19.6 Å². The maximum Gasteiger partial charge on any atom is 0.0793 e. The van der Waals surface area contributed by atoms with E-state index in [4.69, 9.17) is 4.98 Å². The summed E-state index contributed by atoms with van der Waals surface area (Å²) in [6.45, 7) is 0. The van der Waals surface area contributed by atoms with Crippen molar-refractivity contribution in [3.8, 4) is 33.5 Å². The molecule has 0 amide bonds. The molecule has 0 fully saturated rings. The van der Waals surface area contributed by atoms with E-state index in [9.17, 15) is 0 Å². The Morgan fingerprint density at radius 1 is 0.500 bits per heavy atom. The topological polar surface area (TPSA) is 12.9 Å². The highest BCUT2D eigenvalue weighted by atomic mass is 32.2. The summed E-state index contributed by atoms with van der Waals surface area (Å²) in [6.07, 6.45) is 1.91. The van der Waals surface area contributed by atoms with Crippen molar-refractivity contribution in [2.75, 3.05) is 0 Å². The van der Waals surface area contributed by atoms with E-state index >= 15 is 0 Å². The lowest BCUT2D eigenvalue weighted by Crippen LogP contribution is -1.92. The van der Waals surface area contributed by atoms with Gasteiger partial charge in [-0.15, -0.1) is 0 Å². The van der Waals surface area contributed by atoms with Crippen LogP contribution in [-0.4, -0.2) is 4.98 Å². The second kappa shape index (κ2) is 6.99. The molecule has 0 bridgehead atoms. The highest BCUT2D eigenvalue weighted by Gasteiger charge is 2.27. The first-order valence-electron chi connectivity index (χ1n) is 11.4. The van der Waals surface area contributed by atoms with Crippen molar-refractivity contribution in [3.63, 3.8) is 0 Å². The lowest BCUT2D eigenvalue weighted by atomic mass is 9.88. The summed E-state index contributed by atoms with van der Waals surface area (Å²) < 4.78 is 0. The minimum Gasteiger partial charge on any atom is -0.256 e. The van der Waals surface area contributed by atoms with Gasteiger partial charge in [0.1, 0.15) is 0 Å². The van der Waals surface area contributed by atoms with Crippen LogP contribution in [0.5, 0.6) is 0 Å². The fraction of sp³-hybridized carbons (Fsp3) is 0. The van der Waals surface area contributed by atoms with Crippen LogP contribution in [0.25, 0.3) is 55.1 Å². The van der Waals surface area contributed by atoms with Crippen LogP contribution in [0.1, 0.15) is 0 Å². The number of hydrogen-bond donors (Lipinski definition) is 0. The Labute approximate surface area is 205 Å². The van der Waals surface area contributed by atoms with Gasteiger partial charge in [-0.2, -0.15) is 0 Å². The first kappa shape index (κ1) is 18.8. The van der Waals surface area contributed by atoms with Gasteiger partial charge < -0.3 is 0 Å². The van der Waals surface area contributed by atoms with E-state index < -0.39 is 0 Å². The van der Waals surface area contributed by atoms with Crippen molar-refractivity contribution in [1.29, 1.82) is 0 Å². The Morgan fingerprint density at radius 2 is 1.18 bits per heavy atom. The number of pyridine rings is 1.